The molecule has 1 unspecified atom stereocenters. The lowest BCUT2D eigenvalue weighted by Crippen LogP contribution is -2.54. The molecule has 11 nitrogen and oxygen atoms in total. The second-order valence-corrected chi connectivity index (χ2v) is 6.98. The molecular weight excluding hydrogens is 408 g/mol. The number of nitrogens with two attached hydrogens (primary N) is 1. The van der Waals surface area contributed by atoms with Crippen LogP contribution in [0.4, 0.5) is 0 Å². The van der Waals surface area contributed by atoms with Gasteiger partial charge in [0.1, 0.15) is 6.04 Å². The fourth-order valence-electron chi connectivity index (χ4n) is 3.36. The highest BCUT2D eigenvalue weighted by atomic mass is 16.5. The Morgan fingerprint density at radius 1 is 1.06 bits per heavy atom. The third-order valence-electron chi connectivity index (χ3n) is 4.87. The highest BCUT2D eigenvalue weighted by molar-refractivity contribution is 6.24. The SMILES string of the molecule is NCCOCCOCCNC(=O)c1ccc2c(c1)C(=O)N(C1CCC(=O)NC1=O)C2=O. The molecule has 0 saturated carbocycles. The summed E-state index contributed by atoms with van der Waals surface area (Å²) < 4.78 is 10.5. The van der Waals surface area contributed by atoms with Crippen LogP contribution in [0.25, 0.3) is 0 Å². The lowest BCUT2D eigenvalue weighted by molar-refractivity contribution is -0.136. The van der Waals surface area contributed by atoms with Gasteiger partial charge in [0.15, 0.2) is 0 Å². The van der Waals surface area contributed by atoms with Crippen LogP contribution in [0.5, 0.6) is 0 Å². The third-order valence-corrected chi connectivity index (χ3v) is 4.87. The Kier molecular flexibility index (Phi) is 7.45. The van der Waals surface area contributed by atoms with Gasteiger partial charge >= 0.3 is 0 Å². The van der Waals surface area contributed by atoms with Crippen molar-refractivity contribution in [3.05, 3.63) is 34.9 Å². The van der Waals surface area contributed by atoms with E-state index in [4.69, 9.17) is 15.2 Å². The van der Waals surface area contributed by atoms with E-state index >= 15 is 0 Å². The van der Waals surface area contributed by atoms with Crippen molar-refractivity contribution in [2.45, 2.75) is 18.9 Å². The molecule has 2 aliphatic heterocycles. The number of amides is 5. The number of carbonyl (C=O) groups is 5. The zero-order valence-electron chi connectivity index (χ0n) is 16.8. The van der Waals surface area contributed by atoms with Gasteiger partial charge in [-0.2, -0.15) is 0 Å². The summed E-state index contributed by atoms with van der Waals surface area (Å²) in [6, 6.07) is 3.11. The van der Waals surface area contributed by atoms with Gasteiger partial charge in [0, 0.05) is 25.1 Å². The number of carbonyl (C=O) groups excluding carboxylic acids is 5. The molecule has 31 heavy (non-hydrogen) atoms. The first kappa shape index (κ1) is 22.5. The van der Waals surface area contributed by atoms with Crippen LogP contribution >= 0.6 is 0 Å². The second kappa shape index (κ2) is 10.2. The Morgan fingerprint density at radius 3 is 2.48 bits per heavy atom. The van der Waals surface area contributed by atoms with Crippen LogP contribution in [0.15, 0.2) is 18.2 Å². The van der Waals surface area contributed by atoms with Gasteiger partial charge in [0.2, 0.25) is 11.8 Å². The maximum atomic E-state index is 12.8. The van der Waals surface area contributed by atoms with Gasteiger partial charge in [0.05, 0.1) is 37.6 Å². The lowest BCUT2D eigenvalue weighted by Gasteiger charge is -2.27. The van der Waals surface area contributed by atoms with Crippen LogP contribution < -0.4 is 16.4 Å². The number of rotatable bonds is 10. The molecular formula is C20H24N4O7. The molecule has 0 bridgehead atoms. The number of nitrogens with one attached hydrogen (secondary N) is 2. The van der Waals surface area contributed by atoms with Crippen molar-refractivity contribution in [1.29, 1.82) is 0 Å². The Bertz CT molecular complexity index is 902. The van der Waals surface area contributed by atoms with Crippen molar-refractivity contribution in [1.82, 2.24) is 15.5 Å². The summed E-state index contributed by atoms with van der Waals surface area (Å²) in [6.07, 6.45) is 0.111. The van der Waals surface area contributed by atoms with Crippen LogP contribution in [0, 0.1) is 0 Å². The van der Waals surface area contributed by atoms with E-state index in [1.807, 2.05) is 0 Å². The number of piperidine rings is 1. The van der Waals surface area contributed by atoms with Crippen LogP contribution in [0.2, 0.25) is 0 Å². The van der Waals surface area contributed by atoms with E-state index in [0.717, 1.165) is 4.90 Å². The molecule has 1 saturated heterocycles. The molecule has 2 heterocycles. The molecule has 0 spiro atoms. The number of imide groups is 2. The quantitative estimate of drug-likeness (QED) is 0.308. The van der Waals surface area contributed by atoms with Crippen molar-refractivity contribution in [3.8, 4) is 0 Å². The van der Waals surface area contributed by atoms with Crippen LogP contribution in [0.3, 0.4) is 0 Å². The van der Waals surface area contributed by atoms with E-state index in [1.165, 1.54) is 18.2 Å². The van der Waals surface area contributed by atoms with E-state index in [9.17, 15) is 24.0 Å². The molecule has 1 aromatic carbocycles. The third kappa shape index (κ3) is 5.13. The Balaban J connectivity index is 1.57. The molecule has 1 aromatic rings. The number of benzene rings is 1. The van der Waals surface area contributed by atoms with E-state index in [1.54, 1.807) is 0 Å². The maximum absolute atomic E-state index is 12.8. The summed E-state index contributed by atoms with van der Waals surface area (Å²) in [5.74, 6) is -2.83. The van der Waals surface area contributed by atoms with Crippen molar-refractivity contribution >= 4 is 29.5 Å². The van der Waals surface area contributed by atoms with E-state index in [2.05, 4.69) is 10.6 Å². The molecule has 0 radical (unpaired) electrons. The normalized spacial score (nSPS) is 18.2. The monoisotopic (exact) mass is 432 g/mol. The average molecular weight is 432 g/mol. The molecule has 11 heteroatoms. The minimum atomic E-state index is -1.05. The molecule has 1 atom stereocenters. The molecule has 4 N–H and O–H groups in total. The van der Waals surface area contributed by atoms with Crippen LogP contribution in [-0.4, -0.2) is 80.0 Å². The van der Waals surface area contributed by atoms with Crippen molar-refractivity contribution < 1.29 is 33.4 Å². The van der Waals surface area contributed by atoms with Crippen molar-refractivity contribution in [2.75, 3.05) is 39.5 Å². The Hall–Kier alpha value is -3.15. The van der Waals surface area contributed by atoms with Gasteiger partial charge < -0.3 is 20.5 Å². The van der Waals surface area contributed by atoms with Gasteiger partial charge in [-0.05, 0) is 24.6 Å². The van der Waals surface area contributed by atoms with Gasteiger partial charge in [-0.1, -0.05) is 0 Å². The summed E-state index contributed by atoms with van der Waals surface area (Å²) in [6.45, 7) is 2.22. The Morgan fingerprint density at radius 2 is 1.77 bits per heavy atom. The van der Waals surface area contributed by atoms with Gasteiger partial charge in [0.25, 0.3) is 17.7 Å². The first-order valence-corrected chi connectivity index (χ1v) is 9.93. The highest BCUT2D eigenvalue weighted by Crippen LogP contribution is 2.28. The molecule has 5 amide bonds. The van der Waals surface area contributed by atoms with Gasteiger partial charge in [-0.3, -0.25) is 34.2 Å². The van der Waals surface area contributed by atoms with Gasteiger partial charge in [-0.15, -0.1) is 0 Å². The molecule has 1 fully saturated rings. The molecule has 166 valence electrons. The summed E-state index contributed by atoms with van der Waals surface area (Å²) in [5.41, 5.74) is 5.67. The standard InChI is InChI=1S/C20H24N4O7/c21-5-7-30-9-10-31-8-6-22-17(26)12-1-2-13-14(11-12)20(29)24(19(13)28)15-3-4-16(25)23-18(15)27/h1-2,11,15H,3-10,21H2,(H,22,26)(H,23,25,27). The predicted octanol–water partition coefficient (Wildman–Crippen LogP) is -1.19. The molecule has 0 aromatic heterocycles. The number of hydrogen-bond donors (Lipinski definition) is 3. The predicted molar refractivity (Wildman–Crippen MR) is 106 cm³/mol. The van der Waals surface area contributed by atoms with E-state index < -0.39 is 35.6 Å². The zero-order chi connectivity index (χ0) is 22.4. The summed E-state index contributed by atoms with van der Waals surface area (Å²) >= 11 is 0. The van der Waals surface area contributed by atoms with Gasteiger partial charge in [-0.25, -0.2) is 0 Å². The summed E-state index contributed by atoms with van der Waals surface area (Å²) in [7, 11) is 0. The molecule has 3 rings (SSSR count). The van der Waals surface area contributed by atoms with E-state index in [0.29, 0.717) is 26.4 Å². The maximum Gasteiger partial charge on any atom is 0.262 e. The number of hydrogen-bond acceptors (Lipinski definition) is 8. The summed E-state index contributed by atoms with van der Waals surface area (Å²) in [4.78, 5) is 62.1. The highest BCUT2D eigenvalue weighted by Gasteiger charge is 2.44. The first-order chi connectivity index (χ1) is 14.9. The smallest absolute Gasteiger partial charge is 0.262 e. The number of nitrogens with zero attached hydrogens (tertiary/aromatic N) is 1. The van der Waals surface area contributed by atoms with Crippen LogP contribution in [0.1, 0.15) is 43.9 Å². The van der Waals surface area contributed by atoms with Crippen LogP contribution in [-0.2, 0) is 19.1 Å². The topological polar surface area (TPSA) is 157 Å². The minimum Gasteiger partial charge on any atom is -0.378 e. The Labute approximate surface area is 178 Å². The number of ether oxygens (including phenoxy) is 2. The molecule has 0 aliphatic carbocycles. The van der Waals surface area contributed by atoms with Crippen molar-refractivity contribution in [3.63, 3.8) is 0 Å². The minimum absolute atomic E-state index is 0.0404. The lowest BCUT2D eigenvalue weighted by atomic mass is 10.0. The fraction of sp³-hybridized carbons (Fsp3) is 0.450. The number of fused-ring (bicyclic) bond motifs is 1. The largest absolute Gasteiger partial charge is 0.378 e. The summed E-state index contributed by atoms with van der Waals surface area (Å²) in [5, 5.41) is 4.81. The zero-order valence-corrected chi connectivity index (χ0v) is 16.8. The van der Waals surface area contributed by atoms with Crippen molar-refractivity contribution in [2.24, 2.45) is 5.73 Å². The fourth-order valence-corrected chi connectivity index (χ4v) is 3.36. The molecule has 2 aliphatic rings. The second-order valence-electron chi connectivity index (χ2n) is 6.98. The average Bonchev–Trinajstić information content (AvgIpc) is 3.00. The van der Waals surface area contributed by atoms with E-state index in [-0.39, 0.29) is 42.7 Å². The first-order valence-electron chi connectivity index (χ1n) is 9.93.